The Morgan fingerprint density at radius 3 is 2.44 bits per heavy atom. The second-order valence-electron chi connectivity index (χ2n) is 3.57. The molecule has 0 heterocycles. The fraction of sp³-hybridized carbons (Fsp3) is 0.417. The molecule has 0 saturated heterocycles. The maximum Gasteiger partial charge on any atom is 0.321 e. The molecule has 0 aliphatic carbocycles. The van der Waals surface area contributed by atoms with Crippen molar-refractivity contribution in [3.8, 4) is 0 Å². The molecule has 16 heavy (non-hydrogen) atoms. The van der Waals surface area contributed by atoms with E-state index >= 15 is 0 Å². The van der Waals surface area contributed by atoms with Crippen LogP contribution < -0.4 is 16.0 Å². The van der Waals surface area contributed by atoms with E-state index in [1.54, 1.807) is 17.0 Å². The molecule has 1 aromatic carbocycles. The van der Waals surface area contributed by atoms with Gasteiger partial charge in [0.25, 0.3) is 0 Å². The first-order valence-corrected chi connectivity index (χ1v) is 5.60. The van der Waals surface area contributed by atoms with Crippen molar-refractivity contribution < 1.29 is 4.79 Å². The number of rotatable bonds is 4. The highest BCUT2D eigenvalue weighted by Gasteiger charge is 2.12. The summed E-state index contributed by atoms with van der Waals surface area (Å²) < 4.78 is 0. The number of carbonyl (C=O) groups is 1. The van der Waals surface area contributed by atoms with E-state index in [4.69, 9.17) is 5.73 Å². The highest BCUT2D eigenvalue weighted by Crippen LogP contribution is 2.16. The second-order valence-corrected chi connectivity index (χ2v) is 3.57. The average Bonchev–Trinajstić information content (AvgIpc) is 2.30. The number of nitrogen functional groups attached to an aromatic ring is 1. The fourth-order valence-corrected chi connectivity index (χ4v) is 1.43. The Labute approximate surface area is 96.4 Å². The van der Waals surface area contributed by atoms with E-state index in [2.05, 4.69) is 5.32 Å². The third kappa shape index (κ3) is 3.15. The van der Waals surface area contributed by atoms with Crippen molar-refractivity contribution in [3.63, 3.8) is 0 Å². The Morgan fingerprint density at radius 1 is 1.31 bits per heavy atom. The highest BCUT2D eigenvalue weighted by atomic mass is 16.2. The molecule has 0 aliphatic heterocycles. The molecule has 4 heteroatoms. The van der Waals surface area contributed by atoms with Gasteiger partial charge >= 0.3 is 6.03 Å². The van der Waals surface area contributed by atoms with Gasteiger partial charge in [0.05, 0.1) is 0 Å². The number of anilines is 2. The van der Waals surface area contributed by atoms with Crippen molar-refractivity contribution in [1.29, 1.82) is 0 Å². The molecule has 2 amide bonds. The SMILES string of the molecule is CCCNC(=O)N(CC)c1ccc(N)cc1. The van der Waals surface area contributed by atoms with Crippen LogP contribution in [-0.2, 0) is 0 Å². The van der Waals surface area contributed by atoms with Gasteiger partial charge in [-0.05, 0) is 37.6 Å². The first-order valence-electron chi connectivity index (χ1n) is 5.60. The van der Waals surface area contributed by atoms with Crippen molar-refractivity contribution in [2.75, 3.05) is 23.7 Å². The topological polar surface area (TPSA) is 58.4 Å². The summed E-state index contributed by atoms with van der Waals surface area (Å²) in [4.78, 5) is 13.5. The zero-order chi connectivity index (χ0) is 12.0. The van der Waals surface area contributed by atoms with Crippen molar-refractivity contribution in [3.05, 3.63) is 24.3 Å². The summed E-state index contributed by atoms with van der Waals surface area (Å²) in [5.74, 6) is 0. The van der Waals surface area contributed by atoms with E-state index in [1.807, 2.05) is 26.0 Å². The van der Waals surface area contributed by atoms with E-state index in [-0.39, 0.29) is 6.03 Å². The summed E-state index contributed by atoms with van der Waals surface area (Å²) in [6.07, 6.45) is 0.936. The lowest BCUT2D eigenvalue weighted by molar-refractivity contribution is 0.246. The molecular formula is C12H19N3O. The van der Waals surface area contributed by atoms with Crippen LogP contribution in [-0.4, -0.2) is 19.1 Å². The summed E-state index contributed by atoms with van der Waals surface area (Å²) in [5.41, 5.74) is 7.17. The van der Waals surface area contributed by atoms with E-state index in [1.165, 1.54) is 0 Å². The Hall–Kier alpha value is -1.71. The van der Waals surface area contributed by atoms with Crippen molar-refractivity contribution in [2.45, 2.75) is 20.3 Å². The molecule has 88 valence electrons. The number of carbonyl (C=O) groups excluding carboxylic acids is 1. The number of hydrogen-bond acceptors (Lipinski definition) is 2. The number of nitrogens with one attached hydrogen (secondary N) is 1. The molecule has 0 aliphatic rings. The van der Waals surface area contributed by atoms with Gasteiger partial charge in [0.1, 0.15) is 0 Å². The highest BCUT2D eigenvalue weighted by molar-refractivity contribution is 5.92. The van der Waals surface area contributed by atoms with E-state index in [9.17, 15) is 4.79 Å². The molecular weight excluding hydrogens is 202 g/mol. The fourth-order valence-electron chi connectivity index (χ4n) is 1.43. The van der Waals surface area contributed by atoms with Crippen molar-refractivity contribution in [2.24, 2.45) is 0 Å². The molecule has 4 nitrogen and oxygen atoms in total. The normalized spacial score (nSPS) is 9.88. The minimum absolute atomic E-state index is 0.0610. The Balaban J connectivity index is 2.73. The first-order chi connectivity index (χ1) is 7.69. The number of benzene rings is 1. The lowest BCUT2D eigenvalue weighted by atomic mass is 10.2. The van der Waals surface area contributed by atoms with E-state index in [0.29, 0.717) is 18.8 Å². The molecule has 0 spiro atoms. The van der Waals surface area contributed by atoms with Gasteiger partial charge in [-0.2, -0.15) is 0 Å². The monoisotopic (exact) mass is 221 g/mol. The van der Waals surface area contributed by atoms with Crippen LogP contribution in [0.25, 0.3) is 0 Å². The molecule has 0 aromatic heterocycles. The maximum absolute atomic E-state index is 11.8. The van der Waals surface area contributed by atoms with Gasteiger partial charge in [-0.3, -0.25) is 4.90 Å². The largest absolute Gasteiger partial charge is 0.399 e. The van der Waals surface area contributed by atoms with Gasteiger partial charge in [-0.1, -0.05) is 6.92 Å². The van der Waals surface area contributed by atoms with Crippen LogP contribution in [0.3, 0.4) is 0 Å². The lowest BCUT2D eigenvalue weighted by Crippen LogP contribution is -2.40. The molecule has 0 radical (unpaired) electrons. The quantitative estimate of drug-likeness (QED) is 0.766. The van der Waals surface area contributed by atoms with Crippen molar-refractivity contribution in [1.82, 2.24) is 5.32 Å². The third-order valence-electron chi connectivity index (χ3n) is 2.29. The molecule has 1 rings (SSSR count). The number of hydrogen-bond donors (Lipinski definition) is 2. The summed E-state index contributed by atoms with van der Waals surface area (Å²) in [7, 11) is 0. The van der Waals surface area contributed by atoms with Crippen LogP contribution in [0.2, 0.25) is 0 Å². The van der Waals surface area contributed by atoms with Crippen LogP contribution in [0.5, 0.6) is 0 Å². The van der Waals surface area contributed by atoms with Gasteiger partial charge < -0.3 is 11.1 Å². The Bertz CT molecular complexity index is 335. The van der Waals surface area contributed by atoms with Crippen LogP contribution in [0.1, 0.15) is 20.3 Å². The molecule has 0 atom stereocenters. The van der Waals surface area contributed by atoms with Crippen LogP contribution in [0.15, 0.2) is 24.3 Å². The Kier molecular flexibility index (Phi) is 4.64. The van der Waals surface area contributed by atoms with Crippen LogP contribution >= 0.6 is 0 Å². The standard InChI is InChI=1S/C12H19N3O/c1-3-9-14-12(16)15(4-2)11-7-5-10(13)6-8-11/h5-8H,3-4,9,13H2,1-2H3,(H,14,16). The number of amides is 2. The summed E-state index contributed by atoms with van der Waals surface area (Å²) in [6, 6.07) is 7.24. The van der Waals surface area contributed by atoms with Crippen LogP contribution in [0.4, 0.5) is 16.2 Å². The van der Waals surface area contributed by atoms with E-state index < -0.39 is 0 Å². The maximum atomic E-state index is 11.8. The van der Waals surface area contributed by atoms with Gasteiger partial charge in [-0.15, -0.1) is 0 Å². The lowest BCUT2D eigenvalue weighted by Gasteiger charge is -2.21. The van der Waals surface area contributed by atoms with Crippen molar-refractivity contribution >= 4 is 17.4 Å². The van der Waals surface area contributed by atoms with Gasteiger partial charge in [0.15, 0.2) is 0 Å². The number of nitrogens with two attached hydrogens (primary N) is 1. The summed E-state index contributed by atoms with van der Waals surface area (Å²) >= 11 is 0. The molecule has 3 N–H and O–H groups in total. The number of urea groups is 1. The predicted octanol–water partition coefficient (Wildman–Crippen LogP) is 2.21. The first kappa shape index (κ1) is 12.4. The smallest absolute Gasteiger partial charge is 0.321 e. The minimum Gasteiger partial charge on any atom is -0.399 e. The Morgan fingerprint density at radius 2 is 1.94 bits per heavy atom. The zero-order valence-electron chi connectivity index (χ0n) is 9.86. The van der Waals surface area contributed by atoms with Gasteiger partial charge in [-0.25, -0.2) is 4.79 Å². The molecule has 0 saturated carbocycles. The van der Waals surface area contributed by atoms with Gasteiger partial charge in [0, 0.05) is 24.5 Å². The summed E-state index contributed by atoms with van der Waals surface area (Å²) in [6.45, 7) is 5.31. The van der Waals surface area contributed by atoms with Gasteiger partial charge in [0.2, 0.25) is 0 Å². The second kappa shape index (κ2) is 6.00. The molecule has 0 unspecified atom stereocenters. The average molecular weight is 221 g/mol. The van der Waals surface area contributed by atoms with E-state index in [0.717, 1.165) is 12.1 Å². The zero-order valence-corrected chi connectivity index (χ0v) is 9.86. The molecule has 0 bridgehead atoms. The molecule has 0 fully saturated rings. The molecule has 1 aromatic rings. The predicted molar refractivity (Wildman–Crippen MR) is 67.6 cm³/mol. The minimum atomic E-state index is -0.0610. The number of nitrogens with zero attached hydrogens (tertiary/aromatic N) is 1. The van der Waals surface area contributed by atoms with Crippen LogP contribution in [0, 0.1) is 0 Å². The third-order valence-corrected chi connectivity index (χ3v) is 2.29. The summed E-state index contributed by atoms with van der Waals surface area (Å²) in [5, 5.41) is 2.85.